The van der Waals surface area contributed by atoms with Gasteiger partial charge in [-0.3, -0.25) is 0 Å². The zero-order valence-electron chi connectivity index (χ0n) is 14.4. The number of nitrogens with zero attached hydrogens (tertiary/aromatic N) is 2. The van der Waals surface area contributed by atoms with E-state index in [2.05, 4.69) is 29.7 Å². The van der Waals surface area contributed by atoms with Crippen LogP contribution in [0.25, 0.3) is 22.9 Å². The second-order valence-corrected chi connectivity index (χ2v) is 6.44. The lowest BCUT2D eigenvalue weighted by Gasteiger charge is -2.15. The summed E-state index contributed by atoms with van der Waals surface area (Å²) < 4.78 is 13.5. The van der Waals surface area contributed by atoms with E-state index in [-0.39, 0.29) is 6.10 Å². The Morgan fingerprint density at radius 1 is 1.24 bits per heavy atom. The minimum absolute atomic E-state index is 0.271. The Balaban J connectivity index is 1.75. The summed E-state index contributed by atoms with van der Waals surface area (Å²) in [7, 11) is 0. The SMILES string of the molecule is C/C(=C\c1ccco1)c1c(-c2ccccc2)ncn1C[C@@H]1CCCO1. The summed E-state index contributed by atoms with van der Waals surface area (Å²) in [6, 6.07) is 14.2. The lowest BCUT2D eigenvalue weighted by molar-refractivity contribution is 0.0968. The first-order chi connectivity index (χ1) is 12.3. The van der Waals surface area contributed by atoms with Gasteiger partial charge in [-0.1, -0.05) is 30.3 Å². The fraction of sp³-hybridized carbons (Fsp3) is 0.286. The standard InChI is InChI=1S/C21H22N2O2/c1-16(13-18-9-5-11-24-18)21-20(17-7-3-2-4-8-17)22-15-23(21)14-19-10-6-12-25-19/h2-5,7-9,11,13,15,19H,6,10,12,14H2,1H3/b16-13+/t19-/m0/s1. The molecule has 0 spiro atoms. The van der Waals surface area contributed by atoms with Crippen LogP contribution in [0.5, 0.6) is 0 Å². The Kier molecular flexibility index (Phi) is 4.53. The smallest absolute Gasteiger partial charge is 0.126 e. The van der Waals surface area contributed by atoms with Gasteiger partial charge in [0.1, 0.15) is 5.76 Å². The molecule has 4 nitrogen and oxygen atoms in total. The molecule has 0 saturated carbocycles. The Bertz CT molecular complexity index is 841. The van der Waals surface area contributed by atoms with E-state index in [0.717, 1.165) is 54.3 Å². The molecular formula is C21H22N2O2. The van der Waals surface area contributed by atoms with Crippen LogP contribution in [0.2, 0.25) is 0 Å². The molecular weight excluding hydrogens is 312 g/mol. The van der Waals surface area contributed by atoms with Gasteiger partial charge in [0.25, 0.3) is 0 Å². The van der Waals surface area contributed by atoms with Crippen molar-refractivity contribution in [2.75, 3.05) is 6.61 Å². The van der Waals surface area contributed by atoms with Crippen molar-refractivity contribution in [1.29, 1.82) is 0 Å². The zero-order chi connectivity index (χ0) is 17.1. The molecule has 1 aliphatic heterocycles. The van der Waals surface area contributed by atoms with Gasteiger partial charge in [-0.2, -0.15) is 0 Å². The van der Waals surface area contributed by atoms with Gasteiger partial charge < -0.3 is 13.7 Å². The van der Waals surface area contributed by atoms with Crippen molar-refractivity contribution < 1.29 is 9.15 Å². The van der Waals surface area contributed by atoms with Crippen molar-refractivity contribution in [3.8, 4) is 11.3 Å². The third-order valence-electron chi connectivity index (χ3n) is 4.58. The van der Waals surface area contributed by atoms with E-state index in [1.807, 2.05) is 36.7 Å². The molecule has 1 aliphatic rings. The number of allylic oxidation sites excluding steroid dienone is 1. The molecule has 1 aromatic carbocycles. The number of hydrogen-bond donors (Lipinski definition) is 0. The average molecular weight is 334 g/mol. The monoisotopic (exact) mass is 334 g/mol. The number of hydrogen-bond acceptors (Lipinski definition) is 3. The highest BCUT2D eigenvalue weighted by Gasteiger charge is 2.20. The summed E-state index contributed by atoms with van der Waals surface area (Å²) in [6.07, 6.45) is 8.21. The van der Waals surface area contributed by atoms with Crippen LogP contribution in [-0.2, 0) is 11.3 Å². The normalized spacial score (nSPS) is 18.0. The summed E-state index contributed by atoms with van der Waals surface area (Å²) in [5, 5.41) is 0. The van der Waals surface area contributed by atoms with Crippen LogP contribution in [0.1, 0.15) is 31.2 Å². The van der Waals surface area contributed by atoms with E-state index in [4.69, 9.17) is 14.1 Å². The van der Waals surface area contributed by atoms with Crippen LogP contribution in [0.15, 0.2) is 59.5 Å². The van der Waals surface area contributed by atoms with Gasteiger partial charge >= 0.3 is 0 Å². The molecule has 3 aromatic rings. The van der Waals surface area contributed by atoms with Gasteiger partial charge in [-0.05, 0) is 43.5 Å². The fourth-order valence-electron chi connectivity index (χ4n) is 3.40. The van der Waals surface area contributed by atoms with Crippen molar-refractivity contribution in [1.82, 2.24) is 9.55 Å². The largest absolute Gasteiger partial charge is 0.465 e. The lowest BCUT2D eigenvalue weighted by atomic mass is 10.0. The molecule has 3 heterocycles. The zero-order valence-corrected chi connectivity index (χ0v) is 14.4. The maximum Gasteiger partial charge on any atom is 0.126 e. The Hall–Kier alpha value is -2.59. The van der Waals surface area contributed by atoms with Gasteiger partial charge in [-0.15, -0.1) is 0 Å². The van der Waals surface area contributed by atoms with Gasteiger partial charge in [0.15, 0.2) is 0 Å². The van der Waals surface area contributed by atoms with Crippen LogP contribution in [0, 0.1) is 0 Å². The average Bonchev–Trinajstić information content (AvgIpc) is 3.38. The number of ether oxygens (including phenoxy) is 1. The molecule has 1 atom stereocenters. The van der Waals surface area contributed by atoms with Crippen molar-refractivity contribution in [2.45, 2.75) is 32.4 Å². The maximum absolute atomic E-state index is 5.83. The lowest BCUT2D eigenvalue weighted by Crippen LogP contribution is -2.15. The van der Waals surface area contributed by atoms with Crippen LogP contribution in [0.3, 0.4) is 0 Å². The van der Waals surface area contributed by atoms with E-state index in [1.54, 1.807) is 6.26 Å². The van der Waals surface area contributed by atoms with E-state index in [9.17, 15) is 0 Å². The van der Waals surface area contributed by atoms with E-state index < -0.39 is 0 Å². The summed E-state index contributed by atoms with van der Waals surface area (Å²) in [4.78, 5) is 4.71. The molecule has 0 aliphatic carbocycles. The van der Waals surface area contributed by atoms with Crippen molar-refractivity contribution in [3.63, 3.8) is 0 Å². The molecule has 0 amide bonds. The molecule has 128 valence electrons. The quantitative estimate of drug-likeness (QED) is 0.667. The molecule has 25 heavy (non-hydrogen) atoms. The predicted molar refractivity (Wildman–Crippen MR) is 98.9 cm³/mol. The molecule has 1 saturated heterocycles. The third-order valence-corrected chi connectivity index (χ3v) is 4.58. The van der Waals surface area contributed by atoms with Gasteiger partial charge in [0.05, 0.1) is 36.6 Å². The molecule has 1 fully saturated rings. The van der Waals surface area contributed by atoms with Crippen molar-refractivity contribution in [2.24, 2.45) is 0 Å². The molecule has 4 heteroatoms. The van der Waals surface area contributed by atoms with Gasteiger partial charge in [0.2, 0.25) is 0 Å². The highest BCUT2D eigenvalue weighted by Crippen LogP contribution is 2.30. The minimum Gasteiger partial charge on any atom is -0.465 e. The summed E-state index contributed by atoms with van der Waals surface area (Å²) in [5.41, 5.74) is 4.37. The molecule has 0 unspecified atom stereocenters. The summed E-state index contributed by atoms with van der Waals surface area (Å²) in [5.74, 6) is 0.848. The van der Waals surface area contributed by atoms with Crippen LogP contribution < -0.4 is 0 Å². The Labute approximate surface area is 147 Å². The Morgan fingerprint density at radius 2 is 2.12 bits per heavy atom. The topological polar surface area (TPSA) is 40.2 Å². The van der Waals surface area contributed by atoms with E-state index in [1.165, 1.54) is 0 Å². The maximum atomic E-state index is 5.83. The molecule has 0 N–H and O–H groups in total. The first-order valence-corrected chi connectivity index (χ1v) is 8.75. The number of benzene rings is 1. The first-order valence-electron chi connectivity index (χ1n) is 8.75. The minimum atomic E-state index is 0.271. The number of imidazole rings is 1. The molecule has 4 rings (SSSR count). The number of aromatic nitrogens is 2. The number of furan rings is 1. The van der Waals surface area contributed by atoms with Gasteiger partial charge in [0, 0.05) is 12.2 Å². The van der Waals surface area contributed by atoms with Crippen molar-refractivity contribution in [3.05, 3.63) is 66.5 Å². The highest BCUT2D eigenvalue weighted by molar-refractivity contribution is 5.84. The van der Waals surface area contributed by atoms with Crippen LogP contribution >= 0.6 is 0 Å². The second kappa shape index (κ2) is 7.11. The van der Waals surface area contributed by atoms with E-state index >= 15 is 0 Å². The second-order valence-electron chi connectivity index (χ2n) is 6.44. The summed E-state index contributed by atoms with van der Waals surface area (Å²) in [6.45, 7) is 3.80. The number of rotatable bonds is 5. The van der Waals surface area contributed by atoms with E-state index in [0.29, 0.717) is 0 Å². The molecule has 0 bridgehead atoms. The molecule has 2 aromatic heterocycles. The first kappa shape index (κ1) is 15.9. The predicted octanol–water partition coefficient (Wildman–Crippen LogP) is 4.88. The fourth-order valence-corrected chi connectivity index (χ4v) is 3.40. The third kappa shape index (κ3) is 3.44. The Morgan fingerprint density at radius 3 is 2.84 bits per heavy atom. The highest BCUT2D eigenvalue weighted by atomic mass is 16.5. The van der Waals surface area contributed by atoms with Crippen molar-refractivity contribution >= 4 is 11.6 Å². The van der Waals surface area contributed by atoms with Crippen LogP contribution in [-0.4, -0.2) is 22.3 Å². The van der Waals surface area contributed by atoms with Gasteiger partial charge in [-0.25, -0.2) is 4.98 Å². The summed E-state index contributed by atoms with van der Waals surface area (Å²) >= 11 is 0. The van der Waals surface area contributed by atoms with Crippen LogP contribution in [0.4, 0.5) is 0 Å². The molecule has 0 radical (unpaired) electrons.